The molecule has 3 heteroatoms. The van der Waals surface area contributed by atoms with Crippen molar-refractivity contribution in [3.63, 3.8) is 0 Å². The number of thiocarbonyl (C=S) groups is 1. The number of fused-ring (bicyclic) bond motifs is 1. The van der Waals surface area contributed by atoms with E-state index in [4.69, 9.17) is 0 Å². The Morgan fingerprint density at radius 3 is 2.67 bits per heavy atom. The number of carbonyl (C=O) groups excluding carboxylic acids is 1. The van der Waals surface area contributed by atoms with Crippen LogP contribution < -0.4 is 5.32 Å². The van der Waals surface area contributed by atoms with Crippen LogP contribution in [-0.4, -0.2) is 11.4 Å². The highest BCUT2D eigenvalue weighted by Crippen LogP contribution is 2.17. The summed E-state index contributed by atoms with van der Waals surface area (Å²) in [6.45, 7) is 0. The third-order valence-corrected chi connectivity index (χ3v) is 2.30. The van der Waals surface area contributed by atoms with Crippen LogP contribution in [0.25, 0.3) is 10.8 Å². The van der Waals surface area contributed by atoms with E-state index in [0.29, 0.717) is 5.56 Å². The molecule has 2 aromatic rings. The normalized spacial score (nSPS) is 9.87. The number of hydrogen-bond acceptors (Lipinski definition) is 2. The summed E-state index contributed by atoms with van der Waals surface area (Å²) in [7, 11) is 0. The first-order valence-corrected chi connectivity index (χ1v) is 4.89. The van der Waals surface area contributed by atoms with Crippen molar-refractivity contribution in [3.8, 4) is 0 Å². The van der Waals surface area contributed by atoms with Gasteiger partial charge in [0.2, 0.25) is 0 Å². The van der Waals surface area contributed by atoms with E-state index in [2.05, 4.69) is 23.0 Å². The number of carbonyl (C=O) groups is 1. The maximum Gasteiger partial charge on any atom is 0.256 e. The summed E-state index contributed by atoms with van der Waals surface area (Å²) in [5.74, 6) is -0.221. The van der Waals surface area contributed by atoms with Gasteiger partial charge in [-0.15, -0.1) is 0 Å². The van der Waals surface area contributed by atoms with Crippen molar-refractivity contribution >= 4 is 34.4 Å². The Morgan fingerprint density at radius 2 is 1.87 bits per heavy atom. The number of amides is 1. The van der Waals surface area contributed by atoms with Crippen LogP contribution in [0.1, 0.15) is 10.4 Å². The highest BCUT2D eigenvalue weighted by molar-refractivity contribution is 7.78. The minimum absolute atomic E-state index is 0.221. The molecule has 0 saturated heterocycles. The maximum absolute atomic E-state index is 11.6. The van der Waals surface area contributed by atoms with Crippen molar-refractivity contribution in [2.75, 3.05) is 0 Å². The summed E-state index contributed by atoms with van der Waals surface area (Å²) in [6.07, 6.45) is 0. The predicted molar refractivity (Wildman–Crippen MR) is 64.0 cm³/mol. The molecular weight excluding hydrogens is 206 g/mol. The van der Waals surface area contributed by atoms with Crippen molar-refractivity contribution in [1.29, 1.82) is 0 Å². The molecule has 15 heavy (non-hydrogen) atoms. The van der Waals surface area contributed by atoms with E-state index >= 15 is 0 Å². The van der Waals surface area contributed by atoms with Crippen LogP contribution in [0, 0.1) is 0 Å². The second-order valence-electron chi connectivity index (χ2n) is 3.08. The van der Waals surface area contributed by atoms with Crippen LogP contribution >= 0.6 is 12.2 Å². The van der Waals surface area contributed by atoms with E-state index in [0.717, 1.165) is 10.8 Å². The Balaban J connectivity index is 2.60. The van der Waals surface area contributed by atoms with E-state index in [-0.39, 0.29) is 5.91 Å². The Labute approximate surface area is 92.9 Å². The molecule has 0 heterocycles. The molecule has 0 fully saturated rings. The van der Waals surface area contributed by atoms with Crippen molar-refractivity contribution < 1.29 is 4.79 Å². The van der Waals surface area contributed by atoms with Gasteiger partial charge in [-0.05, 0) is 16.8 Å². The fraction of sp³-hybridized carbons (Fsp3) is 0. The molecule has 2 nitrogen and oxygen atoms in total. The summed E-state index contributed by atoms with van der Waals surface area (Å²) in [6, 6.07) is 13.3. The van der Waals surface area contributed by atoms with Crippen molar-refractivity contribution in [1.82, 2.24) is 5.32 Å². The van der Waals surface area contributed by atoms with E-state index in [9.17, 15) is 4.79 Å². The molecule has 0 atom stereocenters. The lowest BCUT2D eigenvalue weighted by molar-refractivity contribution is 0.0981. The van der Waals surface area contributed by atoms with Gasteiger partial charge in [-0.2, -0.15) is 0 Å². The number of nitrogens with one attached hydrogen (secondary N) is 1. The Kier molecular flexibility index (Phi) is 2.74. The number of hydrogen-bond donors (Lipinski definition) is 1. The van der Waals surface area contributed by atoms with Crippen LogP contribution in [0.4, 0.5) is 0 Å². The van der Waals surface area contributed by atoms with Gasteiger partial charge in [0.1, 0.15) is 5.49 Å². The zero-order valence-corrected chi connectivity index (χ0v) is 8.67. The second kappa shape index (κ2) is 4.19. The fourth-order valence-electron chi connectivity index (χ4n) is 1.54. The lowest BCUT2D eigenvalue weighted by Gasteiger charge is -2.03. The fourth-order valence-corrected chi connectivity index (χ4v) is 1.63. The van der Waals surface area contributed by atoms with Crippen LogP contribution in [0.5, 0.6) is 0 Å². The molecule has 1 amide bonds. The molecule has 2 rings (SSSR count). The summed E-state index contributed by atoms with van der Waals surface area (Å²) in [4.78, 5) is 11.6. The lowest BCUT2D eigenvalue weighted by atomic mass is 10.0. The van der Waals surface area contributed by atoms with Gasteiger partial charge >= 0.3 is 0 Å². The maximum atomic E-state index is 11.6. The molecular formula is C12H8NOS. The van der Waals surface area contributed by atoms with Crippen molar-refractivity contribution in [2.45, 2.75) is 0 Å². The van der Waals surface area contributed by atoms with Gasteiger partial charge < -0.3 is 5.32 Å². The van der Waals surface area contributed by atoms with Crippen molar-refractivity contribution in [3.05, 3.63) is 48.0 Å². The molecule has 0 aliphatic heterocycles. The molecule has 0 aliphatic carbocycles. The van der Waals surface area contributed by atoms with Crippen LogP contribution in [0.2, 0.25) is 0 Å². The minimum Gasteiger partial charge on any atom is -0.310 e. The summed E-state index contributed by atoms with van der Waals surface area (Å²) < 4.78 is 0. The van der Waals surface area contributed by atoms with Crippen LogP contribution in [0.15, 0.2) is 42.5 Å². The molecule has 0 unspecified atom stereocenters. The van der Waals surface area contributed by atoms with Crippen LogP contribution in [0.3, 0.4) is 0 Å². The Morgan fingerprint density at radius 1 is 1.13 bits per heavy atom. The van der Waals surface area contributed by atoms with Gasteiger partial charge in [-0.1, -0.05) is 48.6 Å². The van der Waals surface area contributed by atoms with Gasteiger partial charge in [-0.25, -0.2) is 0 Å². The summed E-state index contributed by atoms with van der Waals surface area (Å²) in [5.41, 5.74) is 2.83. The predicted octanol–water partition coefficient (Wildman–Crippen LogP) is 2.40. The third kappa shape index (κ3) is 1.87. The number of rotatable bonds is 2. The van der Waals surface area contributed by atoms with Gasteiger partial charge in [0.15, 0.2) is 0 Å². The monoisotopic (exact) mass is 214 g/mol. The average Bonchev–Trinajstić information content (AvgIpc) is 2.28. The van der Waals surface area contributed by atoms with Crippen molar-refractivity contribution in [2.24, 2.45) is 0 Å². The van der Waals surface area contributed by atoms with Gasteiger partial charge in [-0.3, -0.25) is 4.79 Å². The molecule has 0 spiro atoms. The third-order valence-electron chi connectivity index (χ3n) is 2.20. The highest BCUT2D eigenvalue weighted by atomic mass is 32.1. The van der Waals surface area contributed by atoms with Gasteiger partial charge in [0, 0.05) is 5.56 Å². The minimum atomic E-state index is -0.221. The molecule has 2 aromatic carbocycles. The number of benzene rings is 2. The highest BCUT2D eigenvalue weighted by Gasteiger charge is 2.07. The molecule has 73 valence electrons. The Hall–Kier alpha value is -1.74. The Bertz CT molecular complexity index is 517. The molecule has 0 aliphatic rings. The molecule has 0 bridgehead atoms. The quantitative estimate of drug-likeness (QED) is 0.614. The van der Waals surface area contributed by atoms with Crippen LogP contribution in [-0.2, 0) is 0 Å². The summed E-state index contributed by atoms with van der Waals surface area (Å²) in [5, 5.41) is 4.34. The zero-order valence-electron chi connectivity index (χ0n) is 7.86. The molecule has 0 aromatic heterocycles. The second-order valence-corrected chi connectivity index (χ2v) is 3.29. The average molecular weight is 214 g/mol. The largest absolute Gasteiger partial charge is 0.310 e. The molecule has 0 saturated carbocycles. The first-order chi connectivity index (χ1) is 7.33. The molecule has 1 radical (unpaired) electrons. The SMILES string of the molecule is O=C(N[C]=S)c1cccc2ccccc12. The summed E-state index contributed by atoms with van der Waals surface area (Å²) >= 11 is 4.47. The standard InChI is InChI=1S/C12H8NOS/c14-12(13-8-15)11-7-3-5-9-4-1-2-6-10(9)11/h1-7H,(H,13,14,15). The first-order valence-electron chi connectivity index (χ1n) is 4.48. The topological polar surface area (TPSA) is 29.1 Å². The van der Waals surface area contributed by atoms with E-state index in [1.54, 1.807) is 6.07 Å². The van der Waals surface area contributed by atoms with E-state index < -0.39 is 0 Å². The van der Waals surface area contributed by atoms with Gasteiger partial charge in [0.25, 0.3) is 5.91 Å². The zero-order chi connectivity index (χ0) is 10.7. The smallest absolute Gasteiger partial charge is 0.256 e. The van der Waals surface area contributed by atoms with E-state index in [1.165, 1.54) is 0 Å². The molecule has 1 N–H and O–H groups in total. The lowest BCUT2D eigenvalue weighted by Crippen LogP contribution is -2.20. The van der Waals surface area contributed by atoms with E-state index in [1.807, 2.05) is 36.4 Å². The van der Waals surface area contributed by atoms with Gasteiger partial charge in [0.05, 0.1) is 0 Å². The first kappa shape index (κ1) is 9.80.